The molecule has 4 rings (SSSR count). The van der Waals surface area contributed by atoms with Crippen molar-refractivity contribution in [2.24, 2.45) is 5.92 Å². The summed E-state index contributed by atoms with van der Waals surface area (Å²) in [5.74, 6) is -1.71. The van der Waals surface area contributed by atoms with Gasteiger partial charge in [-0.3, -0.25) is 9.59 Å². The molecule has 0 bridgehead atoms. The number of hydrogen-bond donors (Lipinski definition) is 0. The van der Waals surface area contributed by atoms with Crippen LogP contribution in [-0.4, -0.2) is 43.3 Å². The summed E-state index contributed by atoms with van der Waals surface area (Å²) >= 11 is 6.34. The van der Waals surface area contributed by atoms with Crippen LogP contribution in [0, 0.1) is 5.92 Å². The predicted molar refractivity (Wildman–Crippen MR) is 128 cm³/mol. The van der Waals surface area contributed by atoms with E-state index >= 15 is 0 Å². The molecular weight excluding hydrogens is 458 g/mol. The number of amides is 1. The largest absolute Gasteiger partial charge is 0.469 e. The van der Waals surface area contributed by atoms with Crippen LogP contribution in [0.1, 0.15) is 30.7 Å². The zero-order valence-corrected chi connectivity index (χ0v) is 19.4. The number of piperidine rings is 1. The van der Waals surface area contributed by atoms with Gasteiger partial charge < -0.3 is 18.8 Å². The van der Waals surface area contributed by atoms with Gasteiger partial charge in [-0.2, -0.15) is 0 Å². The van der Waals surface area contributed by atoms with E-state index in [0.29, 0.717) is 46.5 Å². The highest BCUT2D eigenvalue weighted by atomic mass is 35.5. The molecule has 34 heavy (non-hydrogen) atoms. The molecule has 1 saturated heterocycles. The van der Waals surface area contributed by atoms with E-state index in [4.69, 9.17) is 20.8 Å². The Hall–Kier alpha value is -3.45. The Morgan fingerprint density at radius 3 is 2.74 bits per heavy atom. The molecule has 8 heteroatoms. The molecule has 1 amide bonds. The molecular formula is C26H24ClNO6. The molecule has 1 fully saturated rings. The number of ether oxygens (including phenoxy) is 1. The van der Waals surface area contributed by atoms with Crippen LogP contribution in [0.5, 0.6) is 0 Å². The van der Waals surface area contributed by atoms with E-state index in [-0.39, 0.29) is 29.8 Å². The highest BCUT2D eigenvalue weighted by Gasteiger charge is 2.31. The van der Waals surface area contributed by atoms with Crippen molar-refractivity contribution in [3.63, 3.8) is 0 Å². The molecule has 2 heterocycles. The Kier molecular flexibility index (Phi) is 7.12. The van der Waals surface area contributed by atoms with Gasteiger partial charge in [0, 0.05) is 47.1 Å². The maximum Gasteiger partial charge on any atom is 0.336 e. The topological polar surface area (TPSA) is 93.9 Å². The lowest BCUT2D eigenvalue weighted by Crippen LogP contribution is -2.43. The van der Waals surface area contributed by atoms with Crippen molar-refractivity contribution in [3.8, 4) is 11.1 Å². The summed E-state index contributed by atoms with van der Waals surface area (Å²) < 4.78 is 10.1. The predicted octanol–water partition coefficient (Wildman–Crippen LogP) is 4.20. The number of fused-ring (bicyclic) bond motifs is 1. The van der Waals surface area contributed by atoms with Crippen LogP contribution in [-0.2, 0) is 19.1 Å². The van der Waals surface area contributed by atoms with Gasteiger partial charge in [-0.15, -0.1) is 0 Å². The molecule has 176 valence electrons. The number of rotatable bonds is 6. The van der Waals surface area contributed by atoms with Crippen molar-refractivity contribution in [1.82, 2.24) is 4.90 Å². The van der Waals surface area contributed by atoms with Crippen LogP contribution in [0.4, 0.5) is 0 Å². The van der Waals surface area contributed by atoms with E-state index in [9.17, 15) is 19.2 Å². The molecule has 1 aliphatic rings. The highest BCUT2D eigenvalue weighted by molar-refractivity contribution is 6.33. The first-order valence-corrected chi connectivity index (χ1v) is 11.4. The van der Waals surface area contributed by atoms with Crippen molar-refractivity contribution in [1.29, 1.82) is 0 Å². The van der Waals surface area contributed by atoms with Gasteiger partial charge in [-0.05, 0) is 36.5 Å². The number of methoxy groups -OCH3 is 1. The number of carbonyl (C=O) groups excluding carboxylic acids is 3. The third kappa shape index (κ3) is 4.89. The molecule has 0 saturated carbocycles. The molecule has 0 spiro atoms. The Balaban J connectivity index is 1.65. The monoisotopic (exact) mass is 481 g/mol. The number of hydrogen-bond acceptors (Lipinski definition) is 6. The molecule has 1 aliphatic heterocycles. The fourth-order valence-electron chi connectivity index (χ4n) is 4.50. The number of benzene rings is 2. The van der Waals surface area contributed by atoms with E-state index in [1.54, 1.807) is 35.2 Å². The smallest absolute Gasteiger partial charge is 0.336 e. The molecule has 1 unspecified atom stereocenters. The maximum absolute atomic E-state index is 13.2. The normalized spacial score (nSPS) is 16.8. The zero-order valence-electron chi connectivity index (χ0n) is 18.7. The van der Waals surface area contributed by atoms with E-state index in [1.165, 1.54) is 13.2 Å². The lowest BCUT2D eigenvalue weighted by atomic mass is 9.91. The van der Waals surface area contributed by atoms with Gasteiger partial charge >= 0.3 is 11.6 Å². The Labute approximate surface area is 201 Å². The Bertz CT molecular complexity index is 1300. The first-order chi connectivity index (χ1) is 16.4. The van der Waals surface area contributed by atoms with E-state index in [1.807, 2.05) is 12.1 Å². The van der Waals surface area contributed by atoms with Gasteiger partial charge in [0.1, 0.15) is 17.8 Å². The lowest BCUT2D eigenvalue weighted by Gasteiger charge is -2.33. The third-order valence-electron chi connectivity index (χ3n) is 6.21. The number of esters is 1. The van der Waals surface area contributed by atoms with E-state index < -0.39 is 11.5 Å². The number of nitrogens with zero attached hydrogens (tertiary/aromatic N) is 1. The summed E-state index contributed by atoms with van der Waals surface area (Å²) in [6.45, 7) is 0.901. The number of carbonyl (C=O) groups is 3. The number of halogens is 1. The second kappa shape index (κ2) is 10.2. The van der Waals surface area contributed by atoms with Crippen molar-refractivity contribution < 1.29 is 23.5 Å². The summed E-state index contributed by atoms with van der Waals surface area (Å²) in [7, 11) is 1.34. The summed E-state index contributed by atoms with van der Waals surface area (Å²) in [4.78, 5) is 50.8. The maximum atomic E-state index is 13.2. The Morgan fingerprint density at radius 2 is 2.00 bits per heavy atom. The quantitative estimate of drug-likeness (QED) is 0.227. The third-order valence-corrected chi connectivity index (χ3v) is 6.54. The van der Waals surface area contributed by atoms with Gasteiger partial charge in [0.05, 0.1) is 7.11 Å². The van der Waals surface area contributed by atoms with Crippen LogP contribution in [0.15, 0.2) is 57.7 Å². The van der Waals surface area contributed by atoms with E-state index in [0.717, 1.165) is 12.8 Å². The first kappa shape index (κ1) is 23.7. The summed E-state index contributed by atoms with van der Waals surface area (Å²) in [5.41, 5.74) is 1.43. The van der Waals surface area contributed by atoms with Crippen LogP contribution in [0.2, 0.25) is 5.02 Å². The fraction of sp³-hybridized carbons (Fsp3) is 0.308. The summed E-state index contributed by atoms with van der Waals surface area (Å²) in [6.07, 6.45) is 2.39. The average molecular weight is 482 g/mol. The molecule has 1 aromatic heterocycles. The lowest BCUT2D eigenvalue weighted by molar-refractivity contribution is -0.144. The van der Waals surface area contributed by atoms with Gasteiger partial charge in [0.2, 0.25) is 5.91 Å². The SMILES string of the molecule is COC(=O)C[C@H]1CCCN(C(=O)C(C=O)c2ccc3c(-c4ccccc4Cl)cc(=O)oc3c2)C1. The molecule has 2 atom stereocenters. The molecule has 0 aliphatic carbocycles. The molecule has 7 nitrogen and oxygen atoms in total. The van der Waals surface area contributed by atoms with Crippen LogP contribution < -0.4 is 5.63 Å². The van der Waals surface area contributed by atoms with Crippen LogP contribution >= 0.6 is 11.6 Å². The van der Waals surface area contributed by atoms with Gasteiger partial charge in [0.25, 0.3) is 0 Å². The van der Waals surface area contributed by atoms with Gasteiger partial charge in [0.15, 0.2) is 0 Å². The standard InChI is InChI=1S/C26H24ClNO6/c1-33-24(30)11-16-5-4-10-28(14-16)26(32)21(15-29)17-8-9-19-20(13-25(31)34-23(19)12-17)18-6-2-3-7-22(18)27/h2-3,6-9,12-13,15-16,21H,4-5,10-11,14H2,1H3/t16-,21?/m1/s1. The molecule has 2 aromatic carbocycles. The Morgan fingerprint density at radius 1 is 1.21 bits per heavy atom. The van der Waals surface area contributed by atoms with Crippen LogP contribution in [0.25, 0.3) is 22.1 Å². The summed E-state index contributed by atoms with van der Waals surface area (Å²) in [5, 5.41) is 1.13. The van der Waals surface area contributed by atoms with Crippen molar-refractivity contribution in [2.75, 3.05) is 20.2 Å². The molecule has 0 N–H and O–H groups in total. The van der Waals surface area contributed by atoms with Crippen LogP contribution in [0.3, 0.4) is 0 Å². The minimum atomic E-state index is -1.05. The zero-order chi connectivity index (χ0) is 24.2. The van der Waals surface area contributed by atoms with Gasteiger partial charge in [-0.1, -0.05) is 41.9 Å². The minimum Gasteiger partial charge on any atom is -0.469 e. The number of aldehydes is 1. The van der Waals surface area contributed by atoms with Crippen molar-refractivity contribution in [2.45, 2.75) is 25.2 Å². The van der Waals surface area contributed by atoms with Crippen molar-refractivity contribution >= 4 is 40.7 Å². The molecule has 3 aromatic rings. The second-order valence-corrected chi connectivity index (χ2v) is 8.81. The van der Waals surface area contributed by atoms with Gasteiger partial charge in [-0.25, -0.2) is 4.79 Å². The number of likely N-dealkylation sites (tertiary alicyclic amines) is 1. The minimum absolute atomic E-state index is 0.00902. The van der Waals surface area contributed by atoms with E-state index in [2.05, 4.69) is 0 Å². The summed E-state index contributed by atoms with van der Waals surface area (Å²) in [6, 6.07) is 13.5. The average Bonchev–Trinajstić information content (AvgIpc) is 2.84. The fourth-order valence-corrected chi connectivity index (χ4v) is 4.74. The second-order valence-electron chi connectivity index (χ2n) is 8.40. The first-order valence-electron chi connectivity index (χ1n) is 11.0. The van der Waals surface area contributed by atoms with Crippen molar-refractivity contribution in [3.05, 3.63) is 69.5 Å². The highest BCUT2D eigenvalue weighted by Crippen LogP contribution is 2.34. The molecule has 0 radical (unpaired) electrons.